The Bertz CT molecular complexity index is 469. The predicted octanol–water partition coefficient (Wildman–Crippen LogP) is 3.08. The summed E-state index contributed by atoms with van der Waals surface area (Å²) in [6.07, 6.45) is 1.02. The van der Waals surface area contributed by atoms with Crippen LogP contribution in [0.25, 0.3) is 0 Å². The quantitative estimate of drug-likeness (QED) is 0.863. The molecule has 0 radical (unpaired) electrons. The summed E-state index contributed by atoms with van der Waals surface area (Å²) < 4.78 is 6.54. The van der Waals surface area contributed by atoms with Crippen molar-refractivity contribution in [3.8, 4) is 0 Å². The van der Waals surface area contributed by atoms with Gasteiger partial charge in [-0.05, 0) is 31.0 Å². The minimum absolute atomic E-state index is 0.223. The van der Waals surface area contributed by atoms with Crippen LogP contribution in [0.15, 0.2) is 28.7 Å². The standard InChI is InChI=1S/C15H20BrNO3/c1-3-13(11-4-6-12(16)7-5-11)17-9-15(2,10-17)20-8-14(18)19/h4-7,13H,3,8-10H2,1-2H3,(H,18,19). The molecule has 1 aliphatic heterocycles. The first-order valence-corrected chi connectivity index (χ1v) is 7.58. The molecule has 4 nitrogen and oxygen atoms in total. The fraction of sp³-hybridized carbons (Fsp3) is 0.533. The zero-order valence-corrected chi connectivity index (χ0v) is 13.4. The molecular formula is C15H20BrNO3. The van der Waals surface area contributed by atoms with Gasteiger partial charge in [-0.1, -0.05) is 35.0 Å². The molecule has 1 heterocycles. The Labute approximate surface area is 127 Å². The third-order valence-corrected chi connectivity index (χ3v) is 4.23. The Morgan fingerprint density at radius 2 is 2.05 bits per heavy atom. The zero-order valence-electron chi connectivity index (χ0n) is 11.8. The zero-order chi connectivity index (χ0) is 14.8. The van der Waals surface area contributed by atoms with Gasteiger partial charge in [0.05, 0.1) is 5.60 Å². The van der Waals surface area contributed by atoms with Crippen molar-refractivity contribution in [2.45, 2.75) is 31.9 Å². The van der Waals surface area contributed by atoms with Crippen LogP contribution in [0.2, 0.25) is 0 Å². The first-order chi connectivity index (χ1) is 9.43. The molecule has 1 aromatic carbocycles. The van der Waals surface area contributed by atoms with Crippen molar-refractivity contribution >= 4 is 21.9 Å². The summed E-state index contributed by atoms with van der Waals surface area (Å²) in [5.74, 6) is -0.912. The number of carboxylic acids is 1. The lowest BCUT2D eigenvalue weighted by molar-refractivity contribution is -0.170. The van der Waals surface area contributed by atoms with Crippen molar-refractivity contribution < 1.29 is 14.6 Å². The molecule has 1 aliphatic rings. The summed E-state index contributed by atoms with van der Waals surface area (Å²) in [4.78, 5) is 12.9. The largest absolute Gasteiger partial charge is 0.480 e. The molecule has 5 heteroatoms. The highest BCUT2D eigenvalue weighted by Gasteiger charge is 2.43. The first-order valence-electron chi connectivity index (χ1n) is 6.79. The van der Waals surface area contributed by atoms with E-state index in [1.807, 2.05) is 6.92 Å². The third-order valence-electron chi connectivity index (χ3n) is 3.70. The maximum absolute atomic E-state index is 10.6. The van der Waals surface area contributed by atoms with E-state index < -0.39 is 5.97 Å². The molecule has 110 valence electrons. The van der Waals surface area contributed by atoms with Gasteiger partial charge in [-0.15, -0.1) is 0 Å². The summed E-state index contributed by atoms with van der Waals surface area (Å²) in [6, 6.07) is 8.73. The number of carbonyl (C=O) groups is 1. The number of nitrogens with zero attached hydrogens (tertiary/aromatic N) is 1. The van der Waals surface area contributed by atoms with Crippen molar-refractivity contribution in [3.05, 3.63) is 34.3 Å². The number of ether oxygens (including phenoxy) is 1. The smallest absolute Gasteiger partial charge is 0.329 e. The average molecular weight is 342 g/mol. The van der Waals surface area contributed by atoms with Crippen LogP contribution in [-0.2, 0) is 9.53 Å². The molecule has 0 saturated carbocycles. The lowest BCUT2D eigenvalue weighted by atomic mass is 9.90. The van der Waals surface area contributed by atoms with Crippen molar-refractivity contribution in [1.29, 1.82) is 0 Å². The Morgan fingerprint density at radius 1 is 1.45 bits per heavy atom. The van der Waals surface area contributed by atoms with Gasteiger partial charge in [0.15, 0.2) is 0 Å². The molecule has 2 rings (SSSR count). The molecule has 0 amide bonds. The van der Waals surface area contributed by atoms with Gasteiger partial charge in [0.1, 0.15) is 6.61 Å². The SMILES string of the molecule is CCC(c1ccc(Br)cc1)N1CC(C)(OCC(=O)O)C1. The minimum atomic E-state index is -0.912. The molecule has 0 aromatic heterocycles. The highest BCUT2D eigenvalue weighted by Crippen LogP contribution is 2.35. The molecule has 20 heavy (non-hydrogen) atoms. The second-order valence-electron chi connectivity index (χ2n) is 5.51. The van der Waals surface area contributed by atoms with E-state index in [0.29, 0.717) is 6.04 Å². The molecule has 1 aromatic rings. The lowest BCUT2D eigenvalue weighted by Gasteiger charge is -2.51. The Morgan fingerprint density at radius 3 is 2.55 bits per heavy atom. The number of hydrogen-bond donors (Lipinski definition) is 1. The fourth-order valence-electron chi connectivity index (χ4n) is 2.75. The van der Waals surface area contributed by atoms with Crippen LogP contribution in [0.3, 0.4) is 0 Å². The monoisotopic (exact) mass is 341 g/mol. The topological polar surface area (TPSA) is 49.8 Å². The van der Waals surface area contributed by atoms with E-state index in [9.17, 15) is 4.79 Å². The third kappa shape index (κ3) is 3.59. The molecule has 1 saturated heterocycles. The number of carboxylic acid groups (broad SMARTS) is 1. The van der Waals surface area contributed by atoms with Gasteiger partial charge in [-0.2, -0.15) is 0 Å². The highest BCUT2D eigenvalue weighted by atomic mass is 79.9. The van der Waals surface area contributed by atoms with Crippen LogP contribution in [0, 0.1) is 0 Å². The van der Waals surface area contributed by atoms with E-state index in [2.05, 4.69) is 52.0 Å². The van der Waals surface area contributed by atoms with E-state index in [4.69, 9.17) is 9.84 Å². The van der Waals surface area contributed by atoms with Gasteiger partial charge in [-0.3, -0.25) is 4.90 Å². The predicted molar refractivity (Wildman–Crippen MR) is 80.7 cm³/mol. The van der Waals surface area contributed by atoms with E-state index in [1.165, 1.54) is 5.56 Å². The van der Waals surface area contributed by atoms with E-state index >= 15 is 0 Å². The van der Waals surface area contributed by atoms with E-state index in [0.717, 1.165) is 24.0 Å². The molecule has 1 atom stereocenters. The van der Waals surface area contributed by atoms with Crippen LogP contribution in [0.4, 0.5) is 0 Å². The maximum atomic E-state index is 10.6. The maximum Gasteiger partial charge on any atom is 0.329 e. The number of likely N-dealkylation sites (tertiary alicyclic amines) is 1. The number of benzene rings is 1. The van der Waals surface area contributed by atoms with Crippen LogP contribution in [0.1, 0.15) is 31.9 Å². The normalized spacial score (nSPS) is 19.4. The number of halogens is 1. The molecule has 0 bridgehead atoms. The molecule has 1 N–H and O–H groups in total. The van der Waals surface area contributed by atoms with Crippen LogP contribution in [0.5, 0.6) is 0 Å². The van der Waals surface area contributed by atoms with Crippen LogP contribution in [-0.4, -0.2) is 41.3 Å². The van der Waals surface area contributed by atoms with Gasteiger partial charge in [0.25, 0.3) is 0 Å². The van der Waals surface area contributed by atoms with Crippen molar-refractivity contribution in [1.82, 2.24) is 4.90 Å². The van der Waals surface area contributed by atoms with Gasteiger partial charge in [0, 0.05) is 23.6 Å². The first kappa shape index (κ1) is 15.5. The second-order valence-corrected chi connectivity index (χ2v) is 6.43. The minimum Gasteiger partial charge on any atom is -0.480 e. The summed E-state index contributed by atoms with van der Waals surface area (Å²) in [5, 5.41) is 8.68. The Balaban J connectivity index is 1.95. The molecular weight excluding hydrogens is 322 g/mol. The van der Waals surface area contributed by atoms with E-state index in [-0.39, 0.29) is 12.2 Å². The Hall–Kier alpha value is -0.910. The number of hydrogen-bond acceptors (Lipinski definition) is 3. The number of aliphatic carboxylic acids is 1. The van der Waals surface area contributed by atoms with Gasteiger partial charge >= 0.3 is 5.97 Å². The van der Waals surface area contributed by atoms with Crippen molar-refractivity contribution in [2.24, 2.45) is 0 Å². The van der Waals surface area contributed by atoms with Gasteiger partial charge in [0.2, 0.25) is 0 Å². The molecule has 1 fully saturated rings. The molecule has 0 spiro atoms. The summed E-state index contributed by atoms with van der Waals surface area (Å²) >= 11 is 3.45. The van der Waals surface area contributed by atoms with Gasteiger partial charge in [-0.25, -0.2) is 4.79 Å². The van der Waals surface area contributed by atoms with Crippen LogP contribution >= 0.6 is 15.9 Å². The second kappa shape index (κ2) is 6.24. The molecule has 1 unspecified atom stereocenters. The summed E-state index contributed by atoms with van der Waals surface area (Å²) in [7, 11) is 0. The van der Waals surface area contributed by atoms with E-state index in [1.54, 1.807) is 0 Å². The average Bonchev–Trinajstić information content (AvgIpc) is 2.37. The molecule has 0 aliphatic carbocycles. The highest BCUT2D eigenvalue weighted by molar-refractivity contribution is 9.10. The number of rotatable bonds is 6. The Kier molecular flexibility index (Phi) is 4.83. The summed E-state index contributed by atoms with van der Waals surface area (Å²) in [6.45, 7) is 5.46. The van der Waals surface area contributed by atoms with Crippen molar-refractivity contribution in [2.75, 3.05) is 19.7 Å². The van der Waals surface area contributed by atoms with Gasteiger partial charge < -0.3 is 9.84 Å². The summed E-state index contributed by atoms with van der Waals surface area (Å²) in [5.41, 5.74) is 0.956. The van der Waals surface area contributed by atoms with Crippen LogP contribution < -0.4 is 0 Å². The fourth-order valence-corrected chi connectivity index (χ4v) is 3.01. The van der Waals surface area contributed by atoms with Crippen molar-refractivity contribution in [3.63, 3.8) is 0 Å². The lowest BCUT2D eigenvalue weighted by Crippen LogP contribution is -2.62.